The Morgan fingerprint density at radius 3 is 2.68 bits per heavy atom. The zero-order valence-corrected chi connectivity index (χ0v) is 19.2. The molecule has 2 amide bonds. The van der Waals surface area contributed by atoms with E-state index >= 15 is 0 Å². The molecule has 1 aromatic heterocycles. The van der Waals surface area contributed by atoms with Crippen molar-refractivity contribution in [3.05, 3.63) is 51.9 Å². The molecular weight excluding hydrogens is 466 g/mol. The van der Waals surface area contributed by atoms with Crippen molar-refractivity contribution in [2.24, 2.45) is 0 Å². The highest BCUT2D eigenvalue weighted by atomic mass is 32.2. The van der Waals surface area contributed by atoms with Crippen LogP contribution in [0, 0.1) is 10.1 Å². The van der Waals surface area contributed by atoms with E-state index in [9.17, 15) is 24.5 Å². The predicted molar refractivity (Wildman–Crippen MR) is 122 cm³/mol. The number of thioether (sulfide) groups is 1. The fourth-order valence-electron chi connectivity index (χ4n) is 3.67. The lowest BCUT2D eigenvalue weighted by molar-refractivity contribution is -0.384. The zero-order chi connectivity index (χ0) is 24.2. The molecule has 3 heterocycles. The fourth-order valence-corrected chi connectivity index (χ4v) is 4.65. The number of oxazole rings is 1. The summed E-state index contributed by atoms with van der Waals surface area (Å²) in [6, 6.07) is 5.87. The van der Waals surface area contributed by atoms with Crippen molar-refractivity contribution in [1.82, 2.24) is 15.2 Å². The number of nitro groups is 1. The summed E-state index contributed by atoms with van der Waals surface area (Å²) >= 11 is 1.28. The fraction of sp³-hybridized carbons (Fsp3) is 0.429. The van der Waals surface area contributed by atoms with Gasteiger partial charge in [0.1, 0.15) is 12.9 Å². The number of aromatic nitrogens is 1. The summed E-state index contributed by atoms with van der Waals surface area (Å²) in [5.41, 5.74) is 0.753. The number of ether oxygens (including phenoxy) is 1. The lowest BCUT2D eigenvalue weighted by atomic mass is 10.2. The third-order valence-electron chi connectivity index (χ3n) is 5.47. The van der Waals surface area contributed by atoms with Gasteiger partial charge in [-0.15, -0.1) is 0 Å². The summed E-state index contributed by atoms with van der Waals surface area (Å²) in [5, 5.41) is 13.8. The second kappa shape index (κ2) is 10.1. The number of nitrogens with zero attached hydrogens (tertiary/aromatic N) is 4. The highest BCUT2D eigenvalue weighted by Crippen LogP contribution is 2.27. The molecular formula is C21H23N5O7S. The Bertz CT molecular complexity index is 1080. The molecule has 2 saturated heterocycles. The zero-order valence-electron chi connectivity index (χ0n) is 18.3. The SMILES string of the molecule is CC(=O)SC1CN(c2nc(C(=O)N[C@H]3CCN(C(=O)OCc4ccc([N+](=O)[O-])cc4)C3)co2)C1. The van der Waals surface area contributed by atoms with Crippen molar-refractivity contribution in [2.75, 3.05) is 31.1 Å². The van der Waals surface area contributed by atoms with Crippen LogP contribution in [-0.4, -0.2) is 69.4 Å². The number of nitrogens with one attached hydrogen (secondary N) is 1. The smallest absolute Gasteiger partial charge is 0.410 e. The number of likely N-dealkylation sites (tertiary alicyclic amines) is 1. The van der Waals surface area contributed by atoms with E-state index in [0.717, 1.165) is 0 Å². The van der Waals surface area contributed by atoms with Gasteiger partial charge in [0.15, 0.2) is 10.8 Å². The molecule has 0 saturated carbocycles. The van der Waals surface area contributed by atoms with Crippen molar-refractivity contribution < 1.29 is 28.5 Å². The summed E-state index contributed by atoms with van der Waals surface area (Å²) in [6.45, 7) is 3.51. The number of amides is 2. The summed E-state index contributed by atoms with van der Waals surface area (Å²) < 4.78 is 10.7. The largest absolute Gasteiger partial charge is 0.445 e. The molecule has 34 heavy (non-hydrogen) atoms. The number of nitro benzene ring substituents is 1. The third-order valence-corrected chi connectivity index (χ3v) is 6.43. The van der Waals surface area contributed by atoms with Crippen LogP contribution in [-0.2, 0) is 16.1 Å². The van der Waals surface area contributed by atoms with Gasteiger partial charge in [0.25, 0.3) is 17.6 Å². The lowest BCUT2D eigenvalue weighted by Crippen LogP contribution is -2.49. The number of hydrogen-bond donors (Lipinski definition) is 1. The monoisotopic (exact) mass is 489 g/mol. The second-order valence-electron chi connectivity index (χ2n) is 8.03. The van der Waals surface area contributed by atoms with Gasteiger partial charge in [-0.25, -0.2) is 4.79 Å². The van der Waals surface area contributed by atoms with Gasteiger partial charge in [-0.1, -0.05) is 11.8 Å². The van der Waals surface area contributed by atoms with Gasteiger partial charge in [-0.05, 0) is 24.1 Å². The van der Waals surface area contributed by atoms with Crippen molar-refractivity contribution >= 4 is 40.6 Å². The molecule has 1 N–H and O–H groups in total. The number of hydrogen-bond acceptors (Lipinski definition) is 10. The quantitative estimate of drug-likeness (QED) is 0.453. The van der Waals surface area contributed by atoms with Crippen molar-refractivity contribution in [2.45, 2.75) is 31.2 Å². The molecule has 4 rings (SSSR count). The van der Waals surface area contributed by atoms with Crippen molar-refractivity contribution in [3.63, 3.8) is 0 Å². The summed E-state index contributed by atoms with van der Waals surface area (Å²) in [5.74, 6) is -0.392. The predicted octanol–water partition coefficient (Wildman–Crippen LogP) is 2.19. The molecule has 0 unspecified atom stereocenters. The summed E-state index contributed by atoms with van der Waals surface area (Å²) in [4.78, 5) is 53.8. The van der Waals surface area contributed by atoms with Gasteiger partial charge in [0.2, 0.25) is 0 Å². The Hall–Kier alpha value is -3.61. The molecule has 2 aromatic rings. The van der Waals surface area contributed by atoms with Crippen LogP contribution in [0.3, 0.4) is 0 Å². The van der Waals surface area contributed by atoms with Crippen LogP contribution in [0.15, 0.2) is 34.9 Å². The van der Waals surface area contributed by atoms with Crippen LogP contribution in [0.5, 0.6) is 0 Å². The van der Waals surface area contributed by atoms with E-state index in [0.29, 0.717) is 44.2 Å². The normalized spacial score (nSPS) is 17.9. The standard InChI is InChI=1S/C21H23N5O7S/c1-13(27)34-17-9-25(10-17)20-23-18(12-32-20)19(28)22-15-6-7-24(8-15)21(29)33-11-14-2-4-16(5-3-14)26(30)31/h2-5,12,15,17H,6-11H2,1H3,(H,22,28)/t15-/m0/s1. The Morgan fingerprint density at radius 2 is 2.00 bits per heavy atom. The second-order valence-corrected chi connectivity index (χ2v) is 9.51. The molecule has 1 aromatic carbocycles. The Morgan fingerprint density at radius 1 is 1.26 bits per heavy atom. The maximum atomic E-state index is 12.5. The van der Waals surface area contributed by atoms with Gasteiger partial charge < -0.3 is 24.3 Å². The number of non-ortho nitro benzene ring substituents is 1. The maximum absolute atomic E-state index is 12.5. The number of carbonyl (C=O) groups excluding carboxylic acids is 3. The minimum Gasteiger partial charge on any atom is -0.445 e. The average molecular weight is 490 g/mol. The maximum Gasteiger partial charge on any atom is 0.410 e. The van der Waals surface area contributed by atoms with Crippen LogP contribution in [0.2, 0.25) is 0 Å². The van der Waals surface area contributed by atoms with Crippen LogP contribution >= 0.6 is 11.8 Å². The number of carbonyl (C=O) groups is 3. The summed E-state index contributed by atoms with van der Waals surface area (Å²) in [7, 11) is 0. The van der Waals surface area contributed by atoms with Crippen LogP contribution in [0.1, 0.15) is 29.4 Å². The Labute approximate surface area is 198 Å². The molecule has 2 aliphatic heterocycles. The van der Waals surface area contributed by atoms with E-state index in [-0.39, 0.29) is 34.4 Å². The summed E-state index contributed by atoms with van der Waals surface area (Å²) in [6.07, 6.45) is 1.34. The van der Waals surface area contributed by atoms with E-state index in [1.807, 2.05) is 4.90 Å². The average Bonchev–Trinajstić information content (AvgIpc) is 3.44. The number of benzene rings is 1. The molecule has 0 bridgehead atoms. The minimum atomic E-state index is -0.519. The van der Waals surface area contributed by atoms with Gasteiger partial charge >= 0.3 is 6.09 Å². The van der Waals surface area contributed by atoms with Crippen LogP contribution in [0.25, 0.3) is 0 Å². The molecule has 180 valence electrons. The third kappa shape index (κ3) is 5.65. The van der Waals surface area contributed by atoms with E-state index < -0.39 is 16.9 Å². The number of anilines is 1. The van der Waals surface area contributed by atoms with E-state index in [1.54, 1.807) is 0 Å². The van der Waals surface area contributed by atoms with Crippen LogP contribution < -0.4 is 10.2 Å². The minimum absolute atomic E-state index is 0.00561. The van der Waals surface area contributed by atoms with Gasteiger partial charge in [0.05, 0.1) is 4.92 Å². The van der Waals surface area contributed by atoms with Gasteiger partial charge in [0, 0.05) is 56.5 Å². The van der Waals surface area contributed by atoms with E-state index in [2.05, 4.69) is 10.3 Å². The molecule has 1 atom stereocenters. The first kappa shape index (κ1) is 23.5. The van der Waals surface area contributed by atoms with Crippen LogP contribution in [0.4, 0.5) is 16.5 Å². The van der Waals surface area contributed by atoms with E-state index in [1.165, 1.54) is 54.1 Å². The molecule has 2 aliphatic rings. The molecule has 12 nitrogen and oxygen atoms in total. The van der Waals surface area contributed by atoms with Crippen molar-refractivity contribution in [1.29, 1.82) is 0 Å². The molecule has 0 aliphatic carbocycles. The molecule has 13 heteroatoms. The lowest BCUT2D eigenvalue weighted by Gasteiger charge is -2.36. The Balaban J connectivity index is 1.20. The number of rotatable bonds is 7. The molecule has 0 spiro atoms. The Kier molecular flexibility index (Phi) is 7.01. The molecule has 0 radical (unpaired) electrons. The van der Waals surface area contributed by atoms with Crippen molar-refractivity contribution in [3.8, 4) is 0 Å². The highest BCUT2D eigenvalue weighted by molar-refractivity contribution is 8.14. The highest BCUT2D eigenvalue weighted by Gasteiger charge is 2.33. The first-order valence-corrected chi connectivity index (χ1v) is 11.5. The topological polar surface area (TPSA) is 148 Å². The van der Waals surface area contributed by atoms with Gasteiger partial charge in [-0.3, -0.25) is 19.7 Å². The van der Waals surface area contributed by atoms with E-state index in [4.69, 9.17) is 9.15 Å². The van der Waals surface area contributed by atoms with Gasteiger partial charge in [-0.2, -0.15) is 4.98 Å². The first-order valence-electron chi connectivity index (χ1n) is 10.6. The first-order chi connectivity index (χ1) is 16.3. The molecule has 2 fully saturated rings.